The van der Waals surface area contributed by atoms with Crippen molar-refractivity contribution in [1.82, 2.24) is 0 Å². The Morgan fingerprint density at radius 3 is 2.36 bits per heavy atom. The zero-order valence-electron chi connectivity index (χ0n) is 13.1. The summed E-state index contributed by atoms with van der Waals surface area (Å²) in [7, 11) is -4.09. The lowest BCUT2D eigenvalue weighted by atomic mass is 9.96. The van der Waals surface area contributed by atoms with E-state index in [1.807, 2.05) is 24.3 Å². The van der Waals surface area contributed by atoms with Crippen LogP contribution in [0, 0.1) is 10.1 Å². The molecule has 0 spiro atoms. The molecule has 2 aromatic carbocycles. The second kappa shape index (κ2) is 6.29. The van der Waals surface area contributed by atoms with Gasteiger partial charge in [0, 0.05) is 29.1 Å². The highest BCUT2D eigenvalue weighted by molar-refractivity contribution is 7.89. The normalized spacial score (nSPS) is 15.6. The number of nitrogens with two attached hydrogens (primary N) is 1. The van der Waals surface area contributed by atoms with E-state index < -0.39 is 14.9 Å². The highest BCUT2D eigenvalue weighted by atomic mass is 35.5. The van der Waals surface area contributed by atoms with Gasteiger partial charge in [-0.05, 0) is 36.6 Å². The number of benzene rings is 2. The van der Waals surface area contributed by atoms with E-state index in [0.717, 1.165) is 24.5 Å². The lowest BCUT2D eigenvalue weighted by molar-refractivity contribution is -0.385. The summed E-state index contributed by atoms with van der Waals surface area (Å²) in [4.78, 5) is 9.93. The van der Waals surface area contributed by atoms with Gasteiger partial charge in [-0.2, -0.15) is 0 Å². The molecule has 3 N–H and O–H groups in total. The maximum atomic E-state index is 11.8. The fraction of sp³-hybridized carbons (Fsp3) is 0.250. The number of non-ortho nitro benzene ring substituents is 1. The molecule has 0 aliphatic heterocycles. The summed E-state index contributed by atoms with van der Waals surface area (Å²) in [6, 6.07) is 11.1. The number of hydrogen-bond donors (Lipinski definition) is 2. The van der Waals surface area contributed by atoms with Crippen molar-refractivity contribution in [3.8, 4) is 0 Å². The minimum Gasteiger partial charge on any atom is -0.383 e. The van der Waals surface area contributed by atoms with Crippen LogP contribution in [0.3, 0.4) is 0 Å². The van der Waals surface area contributed by atoms with Gasteiger partial charge in [0.1, 0.15) is 4.90 Å². The third-order valence-electron chi connectivity index (χ3n) is 4.41. The lowest BCUT2D eigenvalue weighted by Gasteiger charge is -2.19. The van der Waals surface area contributed by atoms with Crippen molar-refractivity contribution in [2.45, 2.75) is 23.2 Å². The molecule has 7 nitrogen and oxygen atoms in total. The van der Waals surface area contributed by atoms with Crippen LogP contribution < -0.4 is 10.5 Å². The van der Waals surface area contributed by atoms with Gasteiger partial charge >= 0.3 is 0 Å². The van der Waals surface area contributed by atoms with Crippen LogP contribution in [0.15, 0.2) is 47.4 Å². The Morgan fingerprint density at radius 1 is 1.20 bits per heavy atom. The molecule has 0 aromatic heterocycles. The summed E-state index contributed by atoms with van der Waals surface area (Å²) in [6.07, 6.45) is 1.92. The number of nitro groups is 1. The molecule has 0 atom stereocenters. The Kier molecular flexibility index (Phi) is 4.44. The third kappa shape index (κ3) is 3.76. The number of nitrogens with one attached hydrogen (secondary N) is 1. The van der Waals surface area contributed by atoms with Gasteiger partial charge in [0.2, 0.25) is 10.0 Å². The predicted molar refractivity (Wildman–Crippen MR) is 95.3 cm³/mol. The lowest BCUT2D eigenvalue weighted by Crippen LogP contribution is -2.22. The molecule has 1 aliphatic carbocycles. The molecule has 0 saturated heterocycles. The van der Waals surface area contributed by atoms with E-state index in [-0.39, 0.29) is 21.7 Å². The van der Waals surface area contributed by atoms with Gasteiger partial charge in [-0.15, -0.1) is 0 Å². The number of halogens is 1. The Hall–Kier alpha value is -2.16. The molecular formula is C16H16ClN3O4S. The zero-order chi connectivity index (χ0) is 18.2. The van der Waals surface area contributed by atoms with Crippen LogP contribution in [0.2, 0.25) is 5.02 Å². The van der Waals surface area contributed by atoms with Gasteiger partial charge in [-0.1, -0.05) is 23.7 Å². The number of nitrogens with zero attached hydrogens (tertiary/aromatic N) is 1. The first kappa shape index (κ1) is 17.7. The van der Waals surface area contributed by atoms with Crippen molar-refractivity contribution < 1.29 is 13.3 Å². The first-order valence-corrected chi connectivity index (χ1v) is 9.45. The van der Waals surface area contributed by atoms with Crippen molar-refractivity contribution in [2.75, 3.05) is 11.9 Å². The number of sulfonamides is 1. The Balaban J connectivity index is 1.86. The maximum absolute atomic E-state index is 11.8. The van der Waals surface area contributed by atoms with Crippen LogP contribution in [0.4, 0.5) is 11.4 Å². The Labute approximate surface area is 150 Å². The molecule has 0 unspecified atom stereocenters. The van der Waals surface area contributed by atoms with E-state index in [1.54, 1.807) is 0 Å². The molecule has 1 aliphatic rings. The van der Waals surface area contributed by atoms with E-state index in [0.29, 0.717) is 11.6 Å². The Bertz CT molecular complexity index is 925. The van der Waals surface area contributed by atoms with Crippen LogP contribution in [0.25, 0.3) is 0 Å². The molecule has 132 valence electrons. The van der Waals surface area contributed by atoms with E-state index in [4.69, 9.17) is 16.7 Å². The van der Waals surface area contributed by atoms with E-state index in [9.17, 15) is 18.5 Å². The molecule has 0 radical (unpaired) electrons. The monoisotopic (exact) mass is 381 g/mol. The highest BCUT2D eigenvalue weighted by Crippen LogP contribution is 2.48. The second-order valence-electron chi connectivity index (χ2n) is 6.12. The molecular weight excluding hydrogens is 366 g/mol. The first-order valence-electron chi connectivity index (χ1n) is 7.52. The van der Waals surface area contributed by atoms with Crippen LogP contribution >= 0.6 is 11.6 Å². The van der Waals surface area contributed by atoms with E-state index >= 15 is 0 Å². The summed E-state index contributed by atoms with van der Waals surface area (Å²) in [5.41, 5.74) is 0.951. The van der Waals surface area contributed by atoms with Crippen molar-refractivity contribution in [3.05, 3.63) is 63.2 Å². The van der Waals surface area contributed by atoms with Crippen LogP contribution in [0.5, 0.6) is 0 Å². The summed E-state index contributed by atoms with van der Waals surface area (Å²) in [5, 5.41) is 19.8. The number of hydrogen-bond acceptors (Lipinski definition) is 5. The van der Waals surface area contributed by atoms with Crippen LogP contribution in [0.1, 0.15) is 18.4 Å². The molecule has 3 rings (SSSR count). The number of rotatable bonds is 6. The standard InChI is InChI=1S/C16H16ClN3O4S/c17-12-3-1-11(2-4-12)16(7-8-16)10-19-14-6-5-13(20(21)22)9-15(14)25(18,23)24/h1-6,9,19H,7-8,10H2,(H2,18,23,24). The summed E-state index contributed by atoms with van der Waals surface area (Å²) >= 11 is 5.92. The van der Waals surface area contributed by atoms with Crippen molar-refractivity contribution in [1.29, 1.82) is 0 Å². The first-order chi connectivity index (χ1) is 11.7. The molecule has 0 amide bonds. The minimum atomic E-state index is -4.09. The fourth-order valence-corrected chi connectivity index (χ4v) is 3.65. The van der Waals surface area contributed by atoms with Gasteiger partial charge < -0.3 is 5.32 Å². The topological polar surface area (TPSA) is 115 Å². The van der Waals surface area contributed by atoms with Gasteiger partial charge in [0.15, 0.2) is 0 Å². The summed E-state index contributed by atoms with van der Waals surface area (Å²) in [5.74, 6) is 0. The molecule has 0 bridgehead atoms. The molecule has 1 saturated carbocycles. The van der Waals surface area contributed by atoms with Crippen molar-refractivity contribution in [2.24, 2.45) is 5.14 Å². The summed E-state index contributed by atoms with van der Waals surface area (Å²) in [6.45, 7) is 0.495. The third-order valence-corrected chi connectivity index (χ3v) is 5.61. The minimum absolute atomic E-state index is 0.0952. The fourth-order valence-electron chi connectivity index (χ4n) is 2.79. The van der Waals surface area contributed by atoms with E-state index in [1.165, 1.54) is 12.1 Å². The molecule has 9 heteroatoms. The molecule has 25 heavy (non-hydrogen) atoms. The largest absolute Gasteiger partial charge is 0.383 e. The van der Waals surface area contributed by atoms with Gasteiger partial charge in [-0.25, -0.2) is 13.6 Å². The second-order valence-corrected chi connectivity index (χ2v) is 8.09. The molecule has 1 fully saturated rings. The summed E-state index contributed by atoms with van der Waals surface area (Å²) < 4.78 is 23.6. The molecule has 0 heterocycles. The van der Waals surface area contributed by atoms with Crippen LogP contribution in [-0.2, 0) is 15.4 Å². The predicted octanol–water partition coefficient (Wildman–Crippen LogP) is 3.04. The number of primary sulfonamides is 1. The van der Waals surface area contributed by atoms with Gasteiger partial charge in [0.25, 0.3) is 5.69 Å². The van der Waals surface area contributed by atoms with Gasteiger partial charge in [0.05, 0.1) is 10.6 Å². The highest BCUT2D eigenvalue weighted by Gasteiger charge is 2.44. The quantitative estimate of drug-likeness (QED) is 0.589. The van der Waals surface area contributed by atoms with Crippen LogP contribution in [-0.4, -0.2) is 19.9 Å². The number of anilines is 1. The van der Waals surface area contributed by atoms with Crippen molar-refractivity contribution >= 4 is 33.0 Å². The Morgan fingerprint density at radius 2 is 1.84 bits per heavy atom. The average Bonchev–Trinajstić information content (AvgIpc) is 3.33. The smallest absolute Gasteiger partial charge is 0.270 e. The van der Waals surface area contributed by atoms with E-state index in [2.05, 4.69) is 5.32 Å². The zero-order valence-corrected chi connectivity index (χ0v) is 14.7. The number of nitro benzene ring substituents is 1. The maximum Gasteiger partial charge on any atom is 0.270 e. The molecule has 2 aromatic rings. The SMILES string of the molecule is NS(=O)(=O)c1cc([N+](=O)[O-])ccc1NCC1(c2ccc(Cl)cc2)CC1. The van der Waals surface area contributed by atoms with Gasteiger partial charge in [-0.3, -0.25) is 10.1 Å². The van der Waals surface area contributed by atoms with Crippen molar-refractivity contribution in [3.63, 3.8) is 0 Å². The average molecular weight is 382 g/mol.